The molecule has 3 aliphatic rings. The molecular formula is C23H21NO4. The van der Waals surface area contributed by atoms with Crippen LogP contribution in [0.2, 0.25) is 0 Å². The van der Waals surface area contributed by atoms with Gasteiger partial charge in [0.1, 0.15) is 18.1 Å². The van der Waals surface area contributed by atoms with E-state index in [0.717, 1.165) is 16.8 Å². The van der Waals surface area contributed by atoms with Gasteiger partial charge in [-0.05, 0) is 30.2 Å². The third-order valence-corrected chi connectivity index (χ3v) is 5.91. The zero-order valence-corrected chi connectivity index (χ0v) is 15.6. The predicted octanol–water partition coefficient (Wildman–Crippen LogP) is 3.02. The first-order valence-corrected chi connectivity index (χ1v) is 9.53. The lowest BCUT2D eigenvalue weighted by atomic mass is 9.77. The number of hydrogen-bond acceptors (Lipinski definition) is 4. The Kier molecular flexibility index (Phi) is 3.88. The quantitative estimate of drug-likeness (QED) is 0.609. The molecule has 3 aliphatic heterocycles. The molecule has 0 radical (unpaired) electrons. The van der Waals surface area contributed by atoms with Gasteiger partial charge in [0.05, 0.1) is 18.6 Å². The standard InChI is InChI=1S/C23H21NO4/c1-15-6-5-9-17(12-15)24-14-23-11-10-18(28-23)19(20(23)21(24)25)22(26)27-13-16-7-3-2-4-8-16/h2-12,18-20H,13-14H2,1H3/t18-,19?,20+,23-/m1/s1. The Morgan fingerprint density at radius 3 is 2.82 bits per heavy atom. The SMILES string of the molecule is Cc1cccc(N2C[C@@]34C=C[C@@H](O3)C(C(=O)OCc3ccccc3)[C@H]4C2=O)c1. The summed E-state index contributed by atoms with van der Waals surface area (Å²) in [5.74, 6) is -1.58. The lowest BCUT2D eigenvalue weighted by molar-refractivity contribution is -0.153. The van der Waals surface area contributed by atoms with Crippen LogP contribution in [-0.4, -0.2) is 30.1 Å². The molecule has 0 aromatic heterocycles. The summed E-state index contributed by atoms with van der Waals surface area (Å²) in [6.45, 7) is 2.62. The lowest BCUT2D eigenvalue weighted by Gasteiger charge is -2.22. The number of rotatable bonds is 4. The van der Waals surface area contributed by atoms with Gasteiger partial charge >= 0.3 is 5.97 Å². The number of nitrogens with zero attached hydrogens (tertiary/aromatic N) is 1. The van der Waals surface area contributed by atoms with Crippen molar-refractivity contribution in [2.24, 2.45) is 11.8 Å². The predicted molar refractivity (Wildman–Crippen MR) is 103 cm³/mol. The highest BCUT2D eigenvalue weighted by Gasteiger charge is 2.67. The van der Waals surface area contributed by atoms with Gasteiger partial charge in [0, 0.05) is 5.69 Å². The minimum atomic E-state index is -0.734. The van der Waals surface area contributed by atoms with Crippen molar-refractivity contribution in [1.82, 2.24) is 0 Å². The van der Waals surface area contributed by atoms with E-state index in [9.17, 15) is 9.59 Å². The van der Waals surface area contributed by atoms with Crippen LogP contribution in [0.4, 0.5) is 5.69 Å². The molecule has 2 aromatic rings. The molecule has 0 aliphatic carbocycles. The zero-order valence-electron chi connectivity index (χ0n) is 15.6. The lowest BCUT2D eigenvalue weighted by Crippen LogP contribution is -2.40. The molecule has 2 fully saturated rings. The topological polar surface area (TPSA) is 55.8 Å². The van der Waals surface area contributed by atoms with Crippen LogP contribution in [0.5, 0.6) is 0 Å². The first-order valence-electron chi connectivity index (χ1n) is 9.53. The molecule has 28 heavy (non-hydrogen) atoms. The van der Waals surface area contributed by atoms with Gasteiger partial charge in [-0.3, -0.25) is 9.59 Å². The van der Waals surface area contributed by atoms with Gasteiger partial charge in [-0.2, -0.15) is 0 Å². The Balaban J connectivity index is 1.39. The van der Waals surface area contributed by atoms with E-state index in [1.165, 1.54) is 0 Å². The number of esters is 1. The van der Waals surface area contributed by atoms with Crippen molar-refractivity contribution in [1.29, 1.82) is 0 Å². The van der Waals surface area contributed by atoms with Gasteiger partial charge in [-0.15, -0.1) is 0 Å². The van der Waals surface area contributed by atoms with E-state index in [2.05, 4.69) is 0 Å². The van der Waals surface area contributed by atoms with E-state index in [4.69, 9.17) is 9.47 Å². The molecule has 2 aromatic carbocycles. The summed E-state index contributed by atoms with van der Waals surface area (Å²) in [5, 5.41) is 0. The van der Waals surface area contributed by atoms with Crippen molar-refractivity contribution >= 4 is 17.6 Å². The van der Waals surface area contributed by atoms with Gasteiger partial charge in [-0.25, -0.2) is 0 Å². The van der Waals surface area contributed by atoms with Crippen LogP contribution >= 0.6 is 0 Å². The summed E-state index contributed by atoms with van der Waals surface area (Å²) in [6.07, 6.45) is 3.46. The number of fused-ring (bicyclic) bond motifs is 1. The van der Waals surface area contributed by atoms with E-state index in [1.807, 2.05) is 73.7 Å². The second kappa shape index (κ2) is 6.31. The van der Waals surface area contributed by atoms with E-state index >= 15 is 0 Å². The van der Waals surface area contributed by atoms with Crippen molar-refractivity contribution < 1.29 is 19.1 Å². The van der Waals surface area contributed by atoms with E-state index in [0.29, 0.717) is 6.54 Å². The molecule has 4 atom stereocenters. The van der Waals surface area contributed by atoms with Gasteiger partial charge in [0.15, 0.2) is 0 Å². The highest BCUT2D eigenvalue weighted by molar-refractivity contribution is 6.02. The summed E-state index contributed by atoms with van der Waals surface area (Å²) in [6, 6.07) is 17.4. The normalized spacial score (nSPS) is 30.0. The third kappa shape index (κ3) is 2.58. The average Bonchev–Trinajstić information content (AvgIpc) is 3.35. The monoisotopic (exact) mass is 375 g/mol. The number of benzene rings is 2. The van der Waals surface area contributed by atoms with Crippen LogP contribution in [0.3, 0.4) is 0 Å². The Morgan fingerprint density at radius 2 is 2.04 bits per heavy atom. The van der Waals surface area contributed by atoms with Crippen LogP contribution in [0, 0.1) is 18.8 Å². The fourth-order valence-corrected chi connectivity index (χ4v) is 4.61. The fourth-order valence-electron chi connectivity index (χ4n) is 4.61. The largest absolute Gasteiger partial charge is 0.460 e. The summed E-state index contributed by atoms with van der Waals surface area (Å²) in [4.78, 5) is 27.9. The van der Waals surface area contributed by atoms with Crippen LogP contribution in [0.1, 0.15) is 11.1 Å². The average molecular weight is 375 g/mol. The number of amides is 1. The van der Waals surface area contributed by atoms with Crippen molar-refractivity contribution in [2.75, 3.05) is 11.4 Å². The first-order chi connectivity index (χ1) is 13.6. The van der Waals surface area contributed by atoms with Crippen molar-refractivity contribution in [2.45, 2.75) is 25.2 Å². The fraction of sp³-hybridized carbons (Fsp3) is 0.304. The van der Waals surface area contributed by atoms with E-state index in [-0.39, 0.29) is 18.5 Å². The van der Waals surface area contributed by atoms with Gasteiger partial charge in [0.25, 0.3) is 0 Å². The maximum absolute atomic E-state index is 13.3. The summed E-state index contributed by atoms with van der Waals surface area (Å²) in [7, 11) is 0. The van der Waals surface area contributed by atoms with Crippen molar-refractivity contribution in [3.63, 3.8) is 0 Å². The molecule has 1 amide bonds. The number of carbonyl (C=O) groups excluding carboxylic acids is 2. The second-order valence-corrected chi connectivity index (χ2v) is 7.76. The van der Waals surface area contributed by atoms with Gasteiger partial charge < -0.3 is 14.4 Å². The second-order valence-electron chi connectivity index (χ2n) is 7.76. The van der Waals surface area contributed by atoms with Crippen molar-refractivity contribution in [3.05, 3.63) is 77.9 Å². The highest BCUT2D eigenvalue weighted by atomic mass is 16.6. The molecule has 5 rings (SSSR count). The highest BCUT2D eigenvalue weighted by Crippen LogP contribution is 2.53. The number of ether oxygens (including phenoxy) is 2. The Labute approximate surface area is 163 Å². The number of anilines is 1. The summed E-state index contributed by atoms with van der Waals surface area (Å²) in [5.41, 5.74) is 2.11. The van der Waals surface area contributed by atoms with Crippen LogP contribution in [0.15, 0.2) is 66.7 Å². The molecule has 1 spiro atoms. The Bertz CT molecular complexity index is 970. The summed E-state index contributed by atoms with van der Waals surface area (Å²) < 4.78 is 11.7. The van der Waals surface area contributed by atoms with Gasteiger partial charge in [0.2, 0.25) is 5.91 Å². The van der Waals surface area contributed by atoms with Crippen molar-refractivity contribution in [3.8, 4) is 0 Å². The Hall–Kier alpha value is -2.92. The molecule has 142 valence electrons. The maximum atomic E-state index is 13.3. The molecule has 3 heterocycles. The molecule has 0 N–H and O–H groups in total. The maximum Gasteiger partial charge on any atom is 0.313 e. The third-order valence-electron chi connectivity index (χ3n) is 5.91. The smallest absolute Gasteiger partial charge is 0.313 e. The molecular weight excluding hydrogens is 354 g/mol. The minimum Gasteiger partial charge on any atom is -0.460 e. The summed E-state index contributed by atoms with van der Waals surface area (Å²) >= 11 is 0. The van der Waals surface area contributed by atoms with E-state index < -0.39 is 23.5 Å². The van der Waals surface area contributed by atoms with Crippen LogP contribution in [-0.2, 0) is 25.7 Å². The van der Waals surface area contributed by atoms with Crippen LogP contribution in [0.25, 0.3) is 0 Å². The van der Waals surface area contributed by atoms with E-state index in [1.54, 1.807) is 4.90 Å². The zero-order chi connectivity index (χ0) is 19.3. The minimum absolute atomic E-state index is 0.0703. The number of carbonyl (C=O) groups is 2. The van der Waals surface area contributed by atoms with Gasteiger partial charge in [-0.1, -0.05) is 54.6 Å². The Morgan fingerprint density at radius 1 is 1.21 bits per heavy atom. The molecule has 5 nitrogen and oxygen atoms in total. The molecule has 2 bridgehead atoms. The number of hydrogen-bond donors (Lipinski definition) is 0. The molecule has 5 heteroatoms. The molecule has 2 saturated heterocycles. The number of aryl methyl sites for hydroxylation is 1. The van der Waals surface area contributed by atoms with Crippen LogP contribution < -0.4 is 4.90 Å². The first kappa shape index (κ1) is 17.2. The molecule has 0 saturated carbocycles. The molecule has 1 unspecified atom stereocenters.